The van der Waals surface area contributed by atoms with Crippen LogP contribution < -0.4 is 0 Å². The molecule has 0 amide bonds. The monoisotopic (exact) mass is 364 g/mol. The second-order valence-corrected chi connectivity index (χ2v) is 5.90. The summed E-state index contributed by atoms with van der Waals surface area (Å²) in [6, 6.07) is 3.36. The predicted molar refractivity (Wildman–Crippen MR) is 83.7 cm³/mol. The van der Waals surface area contributed by atoms with Crippen molar-refractivity contribution in [2.24, 2.45) is 0 Å². The zero-order chi connectivity index (χ0) is 18.4. The molecule has 136 valence electrons. The molecule has 4 rings (SSSR count). The molecule has 0 unspecified atom stereocenters. The molecule has 0 saturated carbocycles. The number of fused-ring (bicyclic) bond motifs is 1. The Hall–Kier alpha value is -2.53. The molecule has 8 nitrogen and oxygen atoms in total. The van der Waals surface area contributed by atoms with Crippen molar-refractivity contribution in [3.8, 4) is 11.3 Å². The van der Waals surface area contributed by atoms with Gasteiger partial charge in [0.15, 0.2) is 23.5 Å². The molecule has 2 aromatic heterocycles. The highest BCUT2D eigenvalue weighted by Crippen LogP contribution is 2.33. The Labute approximate surface area is 145 Å². The van der Waals surface area contributed by atoms with E-state index in [0.29, 0.717) is 5.56 Å². The van der Waals surface area contributed by atoms with Crippen LogP contribution in [0.25, 0.3) is 22.4 Å². The number of aliphatic hydroxyl groups is 3. The number of rotatable bonds is 3. The molecule has 3 heterocycles. The van der Waals surface area contributed by atoms with Crippen LogP contribution >= 0.6 is 0 Å². The van der Waals surface area contributed by atoms with Gasteiger partial charge in [-0.2, -0.15) is 0 Å². The maximum Gasteiger partial charge on any atom is 0.166 e. The van der Waals surface area contributed by atoms with E-state index in [1.165, 1.54) is 23.3 Å². The van der Waals surface area contributed by atoms with E-state index >= 15 is 0 Å². The molecule has 3 N–H and O–H groups in total. The summed E-state index contributed by atoms with van der Waals surface area (Å²) in [5, 5.41) is 29.3. The summed E-state index contributed by atoms with van der Waals surface area (Å²) in [4.78, 5) is 12.4. The van der Waals surface area contributed by atoms with Gasteiger partial charge in [-0.3, -0.25) is 4.57 Å². The fourth-order valence-electron chi connectivity index (χ4n) is 3.00. The van der Waals surface area contributed by atoms with Gasteiger partial charge in [0.1, 0.15) is 35.8 Å². The van der Waals surface area contributed by atoms with E-state index < -0.39 is 42.8 Å². The van der Waals surface area contributed by atoms with Crippen molar-refractivity contribution in [3.05, 3.63) is 42.5 Å². The van der Waals surface area contributed by atoms with E-state index in [0.717, 1.165) is 12.1 Å². The largest absolute Gasteiger partial charge is 0.394 e. The minimum Gasteiger partial charge on any atom is -0.394 e. The number of benzene rings is 1. The van der Waals surface area contributed by atoms with E-state index in [2.05, 4.69) is 15.0 Å². The second-order valence-electron chi connectivity index (χ2n) is 5.90. The number of ether oxygens (including phenoxy) is 1. The lowest BCUT2D eigenvalue weighted by Gasteiger charge is -2.16. The fourth-order valence-corrected chi connectivity index (χ4v) is 3.00. The van der Waals surface area contributed by atoms with Crippen LogP contribution in [0.2, 0.25) is 0 Å². The van der Waals surface area contributed by atoms with Crippen LogP contribution in [0.15, 0.2) is 30.9 Å². The number of imidazole rings is 1. The summed E-state index contributed by atoms with van der Waals surface area (Å²) in [5.74, 6) is -1.99. The maximum atomic E-state index is 13.5. The molecular formula is C16H14F2N4O4. The number of aliphatic hydroxyl groups excluding tert-OH is 3. The SMILES string of the molecule is OC[C@H]1O[C@@H](n2cnc3c(-c4ccc(F)c(F)c4)ncnc32)[C@H](O)[C@@H]1O. The van der Waals surface area contributed by atoms with Crippen LogP contribution in [0.4, 0.5) is 8.78 Å². The minimum atomic E-state index is -1.30. The zero-order valence-corrected chi connectivity index (χ0v) is 13.2. The third-order valence-corrected chi connectivity index (χ3v) is 4.34. The molecule has 0 bridgehead atoms. The van der Waals surface area contributed by atoms with Crippen LogP contribution in [-0.4, -0.2) is 59.8 Å². The van der Waals surface area contributed by atoms with Gasteiger partial charge < -0.3 is 20.1 Å². The highest BCUT2D eigenvalue weighted by atomic mass is 19.2. The third-order valence-electron chi connectivity index (χ3n) is 4.34. The van der Waals surface area contributed by atoms with Crippen LogP contribution in [0, 0.1) is 11.6 Å². The molecule has 1 aromatic carbocycles. The van der Waals surface area contributed by atoms with Gasteiger partial charge in [0, 0.05) is 5.56 Å². The van der Waals surface area contributed by atoms with Crippen molar-refractivity contribution in [3.63, 3.8) is 0 Å². The summed E-state index contributed by atoms with van der Waals surface area (Å²) in [6.07, 6.45) is -1.97. The van der Waals surface area contributed by atoms with Gasteiger partial charge >= 0.3 is 0 Å². The van der Waals surface area contributed by atoms with Crippen LogP contribution in [0.3, 0.4) is 0 Å². The molecule has 0 radical (unpaired) electrons. The van der Waals surface area contributed by atoms with Gasteiger partial charge in [-0.1, -0.05) is 0 Å². The molecule has 1 aliphatic rings. The van der Waals surface area contributed by atoms with E-state index in [9.17, 15) is 24.1 Å². The average Bonchev–Trinajstić information content (AvgIpc) is 3.19. The first-order valence-corrected chi connectivity index (χ1v) is 7.76. The summed E-state index contributed by atoms with van der Waals surface area (Å²) in [6.45, 7) is -0.462. The van der Waals surface area contributed by atoms with Crippen LogP contribution in [0.1, 0.15) is 6.23 Å². The number of aromatic nitrogens is 4. The summed E-state index contributed by atoms with van der Waals surface area (Å²) < 4.78 is 33.6. The van der Waals surface area contributed by atoms with Gasteiger partial charge in [-0.05, 0) is 18.2 Å². The van der Waals surface area contributed by atoms with E-state index in [4.69, 9.17) is 4.74 Å². The smallest absolute Gasteiger partial charge is 0.166 e. The quantitative estimate of drug-likeness (QED) is 0.616. The maximum absolute atomic E-state index is 13.5. The van der Waals surface area contributed by atoms with Gasteiger partial charge in [0.2, 0.25) is 0 Å². The van der Waals surface area contributed by atoms with Crippen molar-refractivity contribution in [1.29, 1.82) is 0 Å². The Bertz CT molecular complexity index is 967. The summed E-state index contributed by atoms with van der Waals surface area (Å²) >= 11 is 0. The lowest BCUT2D eigenvalue weighted by Crippen LogP contribution is -2.33. The first kappa shape index (κ1) is 16.9. The van der Waals surface area contributed by atoms with Crippen LogP contribution in [0.5, 0.6) is 0 Å². The Morgan fingerprint density at radius 1 is 1.08 bits per heavy atom. The van der Waals surface area contributed by atoms with Crippen molar-refractivity contribution in [1.82, 2.24) is 19.5 Å². The summed E-state index contributed by atoms with van der Waals surface area (Å²) in [5.41, 5.74) is 1.15. The van der Waals surface area contributed by atoms with Crippen molar-refractivity contribution in [2.75, 3.05) is 6.61 Å². The molecule has 1 fully saturated rings. The molecule has 10 heteroatoms. The average molecular weight is 364 g/mol. The number of hydrogen-bond acceptors (Lipinski definition) is 7. The molecule has 0 spiro atoms. The van der Waals surface area contributed by atoms with E-state index in [-0.39, 0.29) is 16.9 Å². The Morgan fingerprint density at radius 2 is 1.88 bits per heavy atom. The molecule has 1 saturated heterocycles. The highest BCUT2D eigenvalue weighted by Gasteiger charge is 2.44. The van der Waals surface area contributed by atoms with Crippen LogP contribution in [-0.2, 0) is 4.74 Å². The van der Waals surface area contributed by atoms with E-state index in [1.54, 1.807) is 0 Å². The third kappa shape index (κ3) is 2.54. The van der Waals surface area contributed by atoms with E-state index in [1.807, 2.05) is 0 Å². The predicted octanol–water partition coefficient (Wildman–Crippen LogP) is 0.383. The minimum absolute atomic E-state index is 0.273. The highest BCUT2D eigenvalue weighted by molar-refractivity contribution is 5.87. The molecule has 0 aliphatic carbocycles. The number of hydrogen-bond donors (Lipinski definition) is 3. The zero-order valence-electron chi connectivity index (χ0n) is 13.2. The Balaban J connectivity index is 1.80. The lowest BCUT2D eigenvalue weighted by atomic mass is 10.1. The Morgan fingerprint density at radius 3 is 2.58 bits per heavy atom. The number of halogens is 2. The fraction of sp³-hybridized carbons (Fsp3) is 0.312. The molecule has 4 atom stereocenters. The van der Waals surface area contributed by atoms with Crippen molar-refractivity contribution < 1.29 is 28.8 Å². The van der Waals surface area contributed by atoms with Gasteiger partial charge in [0.05, 0.1) is 12.9 Å². The topological polar surface area (TPSA) is 114 Å². The lowest BCUT2D eigenvalue weighted by molar-refractivity contribution is -0.0511. The second kappa shape index (κ2) is 6.32. The molecule has 1 aliphatic heterocycles. The Kier molecular flexibility index (Phi) is 4.11. The first-order chi connectivity index (χ1) is 12.5. The van der Waals surface area contributed by atoms with Gasteiger partial charge in [0.25, 0.3) is 0 Å². The molecule has 26 heavy (non-hydrogen) atoms. The van der Waals surface area contributed by atoms with Crippen molar-refractivity contribution >= 4 is 11.2 Å². The molecular weight excluding hydrogens is 350 g/mol. The van der Waals surface area contributed by atoms with Gasteiger partial charge in [-0.25, -0.2) is 23.7 Å². The van der Waals surface area contributed by atoms with Crippen molar-refractivity contribution in [2.45, 2.75) is 24.5 Å². The number of nitrogens with zero attached hydrogens (tertiary/aromatic N) is 4. The summed E-state index contributed by atoms with van der Waals surface area (Å²) in [7, 11) is 0. The standard InChI is InChI=1S/C16H14F2N4O4/c17-8-2-1-7(3-9(8)18)11-12-15(20-5-19-11)22(6-21-12)16-14(25)13(24)10(4-23)26-16/h1-3,5-6,10,13-14,16,23-25H,4H2/t10-,13-,14-,16-/m1/s1. The molecule has 3 aromatic rings. The van der Waals surface area contributed by atoms with Gasteiger partial charge in [-0.15, -0.1) is 0 Å². The normalized spacial score (nSPS) is 25.9. The first-order valence-electron chi connectivity index (χ1n) is 7.76.